The van der Waals surface area contributed by atoms with Gasteiger partial charge in [-0.2, -0.15) is 0 Å². The summed E-state index contributed by atoms with van der Waals surface area (Å²) in [6.07, 6.45) is 0.996. The number of rotatable bonds is 4. The minimum atomic E-state index is 0.996. The summed E-state index contributed by atoms with van der Waals surface area (Å²) in [4.78, 5) is 2.39. The maximum atomic E-state index is 2.39. The Hall–Kier alpha value is -4.10. The lowest BCUT2D eigenvalue weighted by molar-refractivity contribution is 1.24. The fraction of sp³-hybridized carbons (Fsp3) is 0.0625. The van der Waals surface area contributed by atoms with Crippen LogP contribution >= 0.6 is 0 Å². The average Bonchev–Trinajstić information content (AvgIpc) is 3.24. The summed E-state index contributed by atoms with van der Waals surface area (Å²) in [5, 5.41) is 0. The SMILES string of the molecule is Cc1ccc2c(c1)Cc1cccc(N(c3ccccc3)c3ccc(-c4ccccc4)cc3)c1-2. The van der Waals surface area contributed by atoms with Gasteiger partial charge in [0.05, 0.1) is 5.69 Å². The molecule has 1 aliphatic carbocycles. The Morgan fingerprint density at radius 1 is 0.545 bits per heavy atom. The first kappa shape index (κ1) is 19.6. The second-order valence-corrected chi connectivity index (χ2v) is 8.73. The molecule has 0 fully saturated rings. The minimum absolute atomic E-state index is 0.996. The molecule has 0 aliphatic heterocycles. The highest BCUT2D eigenvalue weighted by atomic mass is 15.1. The zero-order valence-electron chi connectivity index (χ0n) is 18.7. The van der Waals surface area contributed by atoms with Crippen molar-refractivity contribution in [2.24, 2.45) is 0 Å². The van der Waals surface area contributed by atoms with Crippen molar-refractivity contribution in [3.63, 3.8) is 0 Å². The van der Waals surface area contributed by atoms with Crippen molar-refractivity contribution in [1.82, 2.24) is 0 Å². The van der Waals surface area contributed by atoms with Gasteiger partial charge in [0.2, 0.25) is 0 Å². The molecule has 0 unspecified atom stereocenters. The summed E-state index contributed by atoms with van der Waals surface area (Å²) in [5.74, 6) is 0. The maximum absolute atomic E-state index is 2.39. The van der Waals surface area contributed by atoms with Crippen LogP contribution in [0.15, 0.2) is 121 Å². The quantitative estimate of drug-likeness (QED) is 0.274. The number of benzene rings is 5. The lowest BCUT2D eigenvalue weighted by atomic mass is 10.00. The summed E-state index contributed by atoms with van der Waals surface area (Å²) < 4.78 is 0. The van der Waals surface area contributed by atoms with Gasteiger partial charge in [0.15, 0.2) is 0 Å². The van der Waals surface area contributed by atoms with Crippen molar-refractivity contribution >= 4 is 17.1 Å². The van der Waals surface area contributed by atoms with Crippen molar-refractivity contribution in [1.29, 1.82) is 0 Å². The fourth-order valence-corrected chi connectivity index (χ4v) is 4.99. The summed E-state index contributed by atoms with van der Waals surface area (Å²) in [6.45, 7) is 2.18. The first-order valence-electron chi connectivity index (χ1n) is 11.5. The highest BCUT2D eigenvalue weighted by molar-refractivity contribution is 5.93. The van der Waals surface area contributed by atoms with Crippen molar-refractivity contribution in [3.8, 4) is 22.3 Å². The first-order chi connectivity index (χ1) is 16.3. The molecule has 0 heterocycles. The van der Waals surface area contributed by atoms with Gasteiger partial charge in [0.1, 0.15) is 0 Å². The Kier molecular flexibility index (Phi) is 4.81. The van der Waals surface area contributed by atoms with Crippen molar-refractivity contribution in [2.75, 3.05) is 4.90 Å². The van der Waals surface area contributed by atoms with Crippen molar-refractivity contribution < 1.29 is 0 Å². The van der Waals surface area contributed by atoms with E-state index in [1.165, 1.54) is 50.3 Å². The molecule has 6 rings (SSSR count). The van der Waals surface area contributed by atoms with Gasteiger partial charge >= 0.3 is 0 Å². The molecule has 0 saturated heterocycles. The number of anilines is 3. The molecule has 0 saturated carbocycles. The van der Waals surface area contributed by atoms with E-state index in [0.717, 1.165) is 12.1 Å². The summed E-state index contributed by atoms with van der Waals surface area (Å²) in [7, 11) is 0. The van der Waals surface area contributed by atoms with E-state index >= 15 is 0 Å². The molecule has 0 aromatic heterocycles. The Bertz CT molecular complexity index is 1420. The highest BCUT2D eigenvalue weighted by Gasteiger charge is 2.25. The van der Waals surface area contributed by atoms with Crippen LogP contribution in [0.1, 0.15) is 16.7 Å². The van der Waals surface area contributed by atoms with Crippen LogP contribution in [0.5, 0.6) is 0 Å². The average molecular weight is 424 g/mol. The number of aryl methyl sites for hydroxylation is 1. The van der Waals surface area contributed by atoms with Crippen LogP contribution < -0.4 is 4.90 Å². The lowest BCUT2D eigenvalue weighted by Gasteiger charge is -2.28. The van der Waals surface area contributed by atoms with Gasteiger partial charge in [0, 0.05) is 16.9 Å². The normalized spacial score (nSPS) is 11.7. The predicted molar refractivity (Wildman–Crippen MR) is 140 cm³/mol. The first-order valence-corrected chi connectivity index (χ1v) is 11.5. The van der Waals surface area contributed by atoms with Crippen molar-refractivity contribution in [3.05, 3.63) is 138 Å². The van der Waals surface area contributed by atoms with Gasteiger partial charge in [-0.3, -0.25) is 0 Å². The van der Waals surface area contributed by atoms with Crippen LogP contribution in [-0.4, -0.2) is 0 Å². The topological polar surface area (TPSA) is 3.24 Å². The predicted octanol–water partition coefficient (Wildman–Crippen LogP) is 8.70. The molecule has 0 spiro atoms. The van der Waals surface area contributed by atoms with E-state index in [1.807, 2.05) is 0 Å². The van der Waals surface area contributed by atoms with E-state index in [2.05, 4.69) is 133 Å². The molecule has 158 valence electrons. The molecule has 0 atom stereocenters. The zero-order chi connectivity index (χ0) is 22.2. The Balaban J connectivity index is 1.51. The molecular weight excluding hydrogens is 398 g/mol. The van der Waals surface area contributed by atoms with Gasteiger partial charge in [-0.15, -0.1) is 0 Å². The molecule has 1 heteroatoms. The second kappa shape index (κ2) is 8.11. The molecule has 5 aromatic carbocycles. The van der Waals surface area contributed by atoms with Crippen molar-refractivity contribution in [2.45, 2.75) is 13.3 Å². The molecular formula is C32H25N. The van der Waals surface area contributed by atoms with Crippen LogP contribution in [0, 0.1) is 6.92 Å². The highest BCUT2D eigenvalue weighted by Crippen LogP contribution is 2.47. The fourth-order valence-electron chi connectivity index (χ4n) is 4.99. The van der Waals surface area contributed by atoms with Crippen LogP contribution in [0.4, 0.5) is 17.1 Å². The molecule has 33 heavy (non-hydrogen) atoms. The molecule has 1 nitrogen and oxygen atoms in total. The molecule has 0 N–H and O–H groups in total. The third kappa shape index (κ3) is 3.52. The van der Waals surface area contributed by atoms with E-state index < -0.39 is 0 Å². The summed E-state index contributed by atoms with van der Waals surface area (Å²) >= 11 is 0. The van der Waals surface area contributed by atoms with E-state index in [0.29, 0.717) is 0 Å². The Morgan fingerprint density at radius 3 is 1.97 bits per heavy atom. The monoisotopic (exact) mass is 423 g/mol. The third-order valence-electron chi connectivity index (χ3n) is 6.53. The number of nitrogens with zero attached hydrogens (tertiary/aromatic N) is 1. The standard InChI is InChI=1S/C32H25N/c1-23-15-20-30-27(21-23)22-26-11-8-14-31(32(26)30)33(28-12-6-3-7-13-28)29-18-16-25(17-19-29)24-9-4-2-5-10-24/h2-21H,22H2,1H3. The van der Waals surface area contributed by atoms with Crippen LogP contribution in [0.25, 0.3) is 22.3 Å². The van der Waals surface area contributed by atoms with Gasteiger partial charge < -0.3 is 4.90 Å². The Labute approximate surface area is 195 Å². The van der Waals surface area contributed by atoms with E-state index in [4.69, 9.17) is 0 Å². The largest absolute Gasteiger partial charge is 0.310 e. The van der Waals surface area contributed by atoms with E-state index in [1.54, 1.807) is 0 Å². The maximum Gasteiger partial charge on any atom is 0.0543 e. The van der Waals surface area contributed by atoms with Gasteiger partial charge in [-0.1, -0.05) is 96.6 Å². The lowest BCUT2D eigenvalue weighted by Crippen LogP contribution is -2.11. The number of fused-ring (bicyclic) bond motifs is 3. The van der Waals surface area contributed by atoms with Crippen LogP contribution in [0.3, 0.4) is 0 Å². The third-order valence-corrected chi connectivity index (χ3v) is 6.53. The van der Waals surface area contributed by atoms with Crippen LogP contribution in [0.2, 0.25) is 0 Å². The number of hydrogen-bond donors (Lipinski definition) is 0. The van der Waals surface area contributed by atoms with Crippen LogP contribution in [-0.2, 0) is 6.42 Å². The smallest absolute Gasteiger partial charge is 0.0543 e. The van der Waals surface area contributed by atoms with Gasteiger partial charge in [-0.05, 0) is 71.5 Å². The minimum Gasteiger partial charge on any atom is -0.310 e. The number of hydrogen-bond acceptors (Lipinski definition) is 1. The van der Waals surface area contributed by atoms with E-state index in [-0.39, 0.29) is 0 Å². The second-order valence-electron chi connectivity index (χ2n) is 8.73. The molecule has 5 aromatic rings. The number of para-hydroxylation sites is 1. The molecule has 0 radical (unpaired) electrons. The van der Waals surface area contributed by atoms with Gasteiger partial charge in [0.25, 0.3) is 0 Å². The molecule has 0 bridgehead atoms. The van der Waals surface area contributed by atoms with E-state index in [9.17, 15) is 0 Å². The molecule has 0 amide bonds. The summed E-state index contributed by atoms with van der Waals surface area (Å²) in [6, 6.07) is 43.7. The summed E-state index contributed by atoms with van der Waals surface area (Å²) in [5.41, 5.74) is 12.9. The van der Waals surface area contributed by atoms with Gasteiger partial charge in [-0.25, -0.2) is 0 Å². The molecule has 1 aliphatic rings. The zero-order valence-corrected chi connectivity index (χ0v) is 18.7. The Morgan fingerprint density at radius 2 is 1.21 bits per heavy atom.